The molecule has 0 aromatic carbocycles. The highest BCUT2D eigenvalue weighted by atomic mass is 16.4. The second-order valence-electron chi connectivity index (χ2n) is 5.76. The van der Waals surface area contributed by atoms with Gasteiger partial charge in [0.1, 0.15) is 5.76 Å². The average Bonchev–Trinajstić information content (AvgIpc) is 3.12. The van der Waals surface area contributed by atoms with E-state index in [0.717, 1.165) is 24.1 Å². The van der Waals surface area contributed by atoms with Gasteiger partial charge in [-0.2, -0.15) is 0 Å². The molecular formula is C17H19NO4. The van der Waals surface area contributed by atoms with Crippen molar-refractivity contribution >= 4 is 11.8 Å². The van der Waals surface area contributed by atoms with Crippen molar-refractivity contribution in [1.82, 2.24) is 4.57 Å². The lowest BCUT2D eigenvalue weighted by atomic mass is 10.0. The number of nitrogens with zero attached hydrogens (tertiary/aromatic N) is 1. The van der Waals surface area contributed by atoms with Gasteiger partial charge in [-0.3, -0.25) is 9.59 Å². The van der Waals surface area contributed by atoms with Crippen LogP contribution in [0.15, 0.2) is 22.6 Å². The summed E-state index contributed by atoms with van der Waals surface area (Å²) in [6.07, 6.45) is 2.19. The highest BCUT2D eigenvalue weighted by Gasteiger charge is 2.34. The van der Waals surface area contributed by atoms with Crippen LogP contribution in [-0.4, -0.2) is 21.4 Å². The van der Waals surface area contributed by atoms with Gasteiger partial charge in [-0.15, -0.1) is 0 Å². The minimum Gasteiger partial charge on any atom is -0.481 e. The molecule has 116 valence electrons. The SMILES string of the molecule is CCCc1cc2n(c1C(=O)c1ccc(C)o1)CCC2C(=O)O. The van der Waals surface area contributed by atoms with Crippen molar-refractivity contribution in [3.63, 3.8) is 0 Å². The third kappa shape index (κ3) is 2.26. The maximum absolute atomic E-state index is 12.8. The predicted octanol–water partition coefficient (Wildman–Crippen LogP) is 3.14. The van der Waals surface area contributed by atoms with E-state index in [-0.39, 0.29) is 5.78 Å². The fraction of sp³-hybridized carbons (Fsp3) is 0.412. The number of aliphatic carboxylic acids is 1. The van der Waals surface area contributed by atoms with E-state index >= 15 is 0 Å². The Labute approximate surface area is 128 Å². The summed E-state index contributed by atoms with van der Waals surface area (Å²) < 4.78 is 7.32. The molecule has 5 nitrogen and oxygen atoms in total. The number of aryl methyl sites for hydroxylation is 2. The van der Waals surface area contributed by atoms with Crippen LogP contribution in [0.4, 0.5) is 0 Å². The molecule has 1 atom stereocenters. The van der Waals surface area contributed by atoms with Gasteiger partial charge in [-0.25, -0.2) is 0 Å². The number of hydrogen-bond acceptors (Lipinski definition) is 3. The van der Waals surface area contributed by atoms with E-state index in [1.807, 2.05) is 17.6 Å². The van der Waals surface area contributed by atoms with Crippen LogP contribution in [0.3, 0.4) is 0 Å². The summed E-state index contributed by atoms with van der Waals surface area (Å²) in [5.41, 5.74) is 2.25. The first-order chi connectivity index (χ1) is 10.5. The van der Waals surface area contributed by atoms with Crippen LogP contribution in [0.5, 0.6) is 0 Å². The second kappa shape index (κ2) is 5.48. The fourth-order valence-corrected chi connectivity index (χ4v) is 3.21. The molecule has 5 heteroatoms. The number of rotatable bonds is 5. The fourth-order valence-electron chi connectivity index (χ4n) is 3.21. The topological polar surface area (TPSA) is 72.4 Å². The van der Waals surface area contributed by atoms with Gasteiger partial charge >= 0.3 is 5.97 Å². The molecule has 1 N–H and O–H groups in total. The van der Waals surface area contributed by atoms with Crippen molar-refractivity contribution in [3.05, 3.63) is 46.7 Å². The molecule has 0 fully saturated rings. The highest BCUT2D eigenvalue weighted by molar-refractivity contribution is 6.07. The Morgan fingerprint density at radius 1 is 1.41 bits per heavy atom. The van der Waals surface area contributed by atoms with Crippen LogP contribution in [0.1, 0.15) is 58.9 Å². The Morgan fingerprint density at radius 3 is 2.77 bits per heavy atom. The minimum absolute atomic E-state index is 0.158. The molecule has 1 aliphatic rings. The monoisotopic (exact) mass is 301 g/mol. The smallest absolute Gasteiger partial charge is 0.312 e. The molecule has 0 radical (unpaired) electrons. The first kappa shape index (κ1) is 14.6. The van der Waals surface area contributed by atoms with E-state index in [0.29, 0.717) is 30.2 Å². The predicted molar refractivity (Wildman–Crippen MR) is 80.3 cm³/mol. The zero-order valence-electron chi connectivity index (χ0n) is 12.8. The van der Waals surface area contributed by atoms with Gasteiger partial charge in [-0.05, 0) is 43.5 Å². The Bertz CT molecular complexity index is 738. The number of aromatic nitrogens is 1. The normalized spacial score (nSPS) is 16.7. The highest BCUT2D eigenvalue weighted by Crippen LogP contribution is 2.34. The Hall–Kier alpha value is -2.30. The molecule has 0 bridgehead atoms. The molecule has 3 rings (SSSR count). The van der Waals surface area contributed by atoms with Crippen LogP contribution < -0.4 is 0 Å². The van der Waals surface area contributed by atoms with E-state index in [1.165, 1.54) is 0 Å². The first-order valence-electron chi connectivity index (χ1n) is 7.59. The first-order valence-corrected chi connectivity index (χ1v) is 7.59. The molecule has 0 spiro atoms. The lowest BCUT2D eigenvalue weighted by Gasteiger charge is -2.06. The Morgan fingerprint density at radius 2 is 2.18 bits per heavy atom. The molecule has 1 unspecified atom stereocenters. The maximum atomic E-state index is 12.8. The molecule has 0 saturated carbocycles. The van der Waals surface area contributed by atoms with Crippen LogP contribution in [-0.2, 0) is 17.8 Å². The van der Waals surface area contributed by atoms with Gasteiger partial charge in [0, 0.05) is 12.2 Å². The summed E-state index contributed by atoms with van der Waals surface area (Å²) in [6, 6.07) is 5.33. The molecule has 22 heavy (non-hydrogen) atoms. The largest absolute Gasteiger partial charge is 0.481 e. The molecule has 1 aliphatic heterocycles. The number of hydrogen-bond donors (Lipinski definition) is 1. The van der Waals surface area contributed by atoms with Crippen LogP contribution in [0.2, 0.25) is 0 Å². The van der Waals surface area contributed by atoms with Gasteiger partial charge in [0.05, 0.1) is 11.6 Å². The molecule has 2 aromatic heterocycles. The zero-order chi connectivity index (χ0) is 15.9. The molecule has 0 saturated heterocycles. The van der Waals surface area contributed by atoms with Crippen LogP contribution >= 0.6 is 0 Å². The van der Waals surface area contributed by atoms with Crippen LogP contribution in [0, 0.1) is 6.92 Å². The summed E-state index contributed by atoms with van der Waals surface area (Å²) in [4.78, 5) is 24.2. The molecule has 0 amide bonds. The quantitative estimate of drug-likeness (QED) is 0.861. The van der Waals surface area contributed by atoms with Crippen molar-refractivity contribution in [2.75, 3.05) is 0 Å². The van der Waals surface area contributed by atoms with E-state index in [4.69, 9.17) is 4.42 Å². The minimum atomic E-state index is -0.827. The molecule has 2 aromatic rings. The van der Waals surface area contributed by atoms with Crippen LogP contribution in [0.25, 0.3) is 0 Å². The van der Waals surface area contributed by atoms with Crippen molar-refractivity contribution < 1.29 is 19.1 Å². The lowest BCUT2D eigenvalue weighted by Crippen LogP contribution is -2.11. The van der Waals surface area contributed by atoms with Crippen molar-refractivity contribution in [2.24, 2.45) is 0 Å². The molecule has 3 heterocycles. The third-order valence-electron chi connectivity index (χ3n) is 4.20. The number of furan rings is 1. The number of ketones is 1. The van der Waals surface area contributed by atoms with E-state index in [1.54, 1.807) is 19.1 Å². The molecule has 0 aliphatic carbocycles. The Kier molecular flexibility index (Phi) is 3.64. The van der Waals surface area contributed by atoms with Gasteiger partial charge in [-0.1, -0.05) is 13.3 Å². The van der Waals surface area contributed by atoms with E-state index < -0.39 is 11.9 Å². The second-order valence-corrected chi connectivity index (χ2v) is 5.76. The number of carbonyl (C=O) groups excluding carboxylic acids is 1. The summed E-state index contributed by atoms with van der Waals surface area (Å²) in [5, 5.41) is 9.33. The average molecular weight is 301 g/mol. The summed E-state index contributed by atoms with van der Waals surface area (Å²) in [6.45, 7) is 4.41. The van der Waals surface area contributed by atoms with Crippen molar-refractivity contribution in [3.8, 4) is 0 Å². The number of fused-ring (bicyclic) bond motifs is 1. The van der Waals surface area contributed by atoms with Crippen molar-refractivity contribution in [2.45, 2.75) is 45.6 Å². The summed E-state index contributed by atoms with van der Waals surface area (Å²) in [5.74, 6) is -0.497. The van der Waals surface area contributed by atoms with Gasteiger partial charge < -0.3 is 14.1 Å². The van der Waals surface area contributed by atoms with E-state index in [9.17, 15) is 14.7 Å². The third-order valence-corrected chi connectivity index (χ3v) is 4.20. The van der Waals surface area contributed by atoms with Gasteiger partial charge in [0.15, 0.2) is 5.76 Å². The summed E-state index contributed by atoms with van der Waals surface area (Å²) >= 11 is 0. The summed E-state index contributed by atoms with van der Waals surface area (Å²) in [7, 11) is 0. The lowest BCUT2D eigenvalue weighted by molar-refractivity contribution is -0.138. The standard InChI is InChI=1S/C17H19NO4/c1-3-4-11-9-13-12(17(20)21)7-8-18(13)15(11)16(19)14-6-5-10(2)22-14/h5-6,9,12H,3-4,7-8H2,1-2H3,(H,20,21). The number of carboxylic acids is 1. The zero-order valence-corrected chi connectivity index (χ0v) is 12.8. The maximum Gasteiger partial charge on any atom is 0.312 e. The number of carboxylic acid groups (broad SMARTS) is 1. The number of carbonyl (C=O) groups is 2. The Balaban J connectivity index is 2.08. The van der Waals surface area contributed by atoms with E-state index in [2.05, 4.69) is 0 Å². The van der Waals surface area contributed by atoms with Gasteiger partial charge in [0.2, 0.25) is 5.78 Å². The van der Waals surface area contributed by atoms with Crippen molar-refractivity contribution in [1.29, 1.82) is 0 Å². The van der Waals surface area contributed by atoms with Gasteiger partial charge in [0.25, 0.3) is 0 Å². The molecular weight excluding hydrogens is 282 g/mol.